The van der Waals surface area contributed by atoms with E-state index >= 15 is 0 Å². The molecule has 1 aliphatic heterocycles. The summed E-state index contributed by atoms with van der Waals surface area (Å²) < 4.78 is 17.8. The van der Waals surface area contributed by atoms with Crippen LogP contribution in [0.5, 0.6) is 0 Å². The summed E-state index contributed by atoms with van der Waals surface area (Å²) in [5.41, 5.74) is 10.5. The van der Waals surface area contributed by atoms with Crippen molar-refractivity contribution in [2.75, 3.05) is 11.9 Å². The average molecular weight is 484 g/mol. The van der Waals surface area contributed by atoms with Gasteiger partial charge in [-0.3, -0.25) is 9.36 Å². The summed E-state index contributed by atoms with van der Waals surface area (Å²) in [5.74, 6) is 0.622. The first-order chi connectivity index (χ1) is 17.5. The minimum absolute atomic E-state index is 0.142. The van der Waals surface area contributed by atoms with Crippen molar-refractivity contribution in [3.8, 4) is 5.95 Å². The number of benzene rings is 2. The standard InChI is InChI=1S/C27H26FN7O/c1-16-12-20-19(25(29)36)8-5-9-22(20)34(16)27-32-26(31-14-17-6-3-2-4-7-17)24-11-10-23(35(24)33-27)21-13-18(28)15-30-21/h2-12,18,21,30H,13-15H2,1H3,(H2,29,36)(H,31,32,33)/t18-,21?/m1/s1. The van der Waals surface area contributed by atoms with E-state index < -0.39 is 12.1 Å². The first kappa shape index (κ1) is 22.2. The maximum absolute atomic E-state index is 14.0. The van der Waals surface area contributed by atoms with Gasteiger partial charge < -0.3 is 16.4 Å². The molecule has 6 rings (SSSR count). The second-order valence-electron chi connectivity index (χ2n) is 9.17. The van der Waals surface area contributed by atoms with Crippen LogP contribution in [0, 0.1) is 6.92 Å². The number of nitrogens with zero attached hydrogens (tertiary/aromatic N) is 4. The lowest BCUT2D eigenvalue weighted by molar-refractivity contribution is 0.100. The van der Waals surface area contributed by atoms with Crippen LogP contribution in [0.3, 0.4) is 0 Å². The maximum atomic E-state index is 14.0. The second-order valence-corrected chi connectivity index (χ2v) is 9.17. The highest BCUT2D eigenvalue weighted by Gasteiger charge is 2.28. The van der Waals surface area contributed by atoms with Gasteiger partial charge in [-0.05, 0) is 42.8 Å². The number of halogens is 1. The van der Waals surface area contributed by atoms with E-state index in [4.69, 9.17) is 15.8 Å². The van der Waals surface area contributed by atoms with Crippen LogP contribution in [0.15, 0.2) is 66.7 Å². The fraction of sp³-hybridized carbons (Fsp3) is 0.222. The van der Waals surface area contributed by atoms with Gasteiger partial charge in [-0.2, -0.15) is 4.98 Å². The summed E-state index contributed by atoms with van der Waals surface area (Å²) in [6, 6.07) is 21.2. The molecule has 0 saturated carbocycles. The third-order valence-electron chi connectivity index (χ3n) is 6.76. The van der Waals surface area contributed by atoms with Gasteiger partial charge in [0.25, 0.3) is 5.95 Å². The van der Waals surface area contributed by atoms with E-state index in [-0.39, 0.29) is 6.04 Å². The zero-order chi connectivity index (χ0) is 24.8. The fourth-order valence-corrected chi connectivity index (χ4v) is 5.04. The van der Waals surface area contributed by atoms with Crippen molar-refractivity contribution in [1.29, 1.82) is 0 Å². The van der Waals surface area contributed by atoms with Crippen molar-refractivity contribution in [2.45, 2.75) is 32.1 Å². The van der Waals surface area contributed by atoms with Crippen LogP contribution in [0.2, 0.25) is 0 Å². The Bertz CT molecular complexity index is 1590. The highest BCUT2D eigenvalue weighted by molar-refractivity contribution is 6.06. The van der Waals surface area contributed by atoms with Crippen LogP contribution in [-0.4, -0.2) is 37.8 Å². The first-order valence-corrected chi connectivity index (χ1v) is 12.0. The van der Waals surface area contributed by atoms with Crippen molar-refractivity contribution >= 4 is 28.1 Å². The van der Waals surface area contributed by atoms with Crippen molar-refractivity contribution < 1.29 is 9.18 Å². The van der Waals surface area contributed by atoms with Gasteiger partial charge in [-0.15, -0.1) is 5.10 Å². The zero-order valence-corrected chi connectivity index (χ0v) is 19.8. The van der Waals surface area contributed by atoms with E-state index in [9.17, 15) is 9.18 Å². The molecular formula is C27H26FN7O. The number of rotatable bonds is 6. The largest absolute Gasteiger partial charge is 0.366 e. The van der Waals surface area contributed by atoms with Gasteiger partial charge in [0.05, 0.1) is 17.3 Å². The Morgan fingerprint density at radius 1 is 1.14 bits per heavy atom. The van der Waals surface area contributed by atoms with Gasteiger partial charge >= 0.3 is 0 Å². The number of nitrogens with one attached hydrogen (secondary N) is 2. The number of hydrogen-bond donors (Lipinski definition) is 3. The van der Waals surface area contributed by atoms with Crippen molar-refractivity contribution in [3.05, 3.63) is 89.2 Å². The van der Waals surface area contributed by atoms with E-state index in [1.165, 1.54) is 0 Å². The second kappa shape index (κ2) is 8.76. The molecular weight excluding hydrogens is 457 g/mol. The van der Waals surface area contributed by atoms with Crippen LogP contribution >= 0.6 is 0 Å². The number of amides is 1. The molecule has 0 bridgehead atoms. The Balaban J connectivity index is 1.52. The fourth-order valence-electron chi connectivity index (χ4n) is 5.04. The predicted octanol–water partition coefficient (Wildman–Crippen LogP) is 4.07. The molecule has 1 aliphatic rings. The number of carbonyl (C=O) groups excluding carboxylic acids is 1. The Hall–Kier alpha value is -4.24. The van der Waals surface area contributed by atoms with E-state index in [2.05, 4.69) is 22.8 Å². The molecule has 1 unspecified atom stereocenters. The molecule has 2 aromatic carbocycles. The van der Waals surface area contributed by atoms with Gasteiger partial charge in [0.2, 0.25) is 5.91 Å². The summed E-state index contributed by atoms with van der Waals surface area (Å²) in [7, 11) is 0. The third kappa shape index (κ3) is 3.77. The zero-order valence-electron chi connectivity index (χ0n) is 19.8. The Labute approximate surface area is 206 Å². The minimum atomic E-state index is -0.889. The number of primary amides is 1. The lowest BCUT2D eigenvalue weighted by atomic mass is 10.1. The molecule has 1 fully saturated rings. The van der Waals surface area contributed by atoms with Crippen molar-refractivity contribution in [1.82, 2.24) is 24.5 Å². The maximum Gasteiger partial charge on any atom is 0.254 e. The van der Waals surface area contributed by atoms with Gasteiger partial charge in [-0.1, -0.05) is 36.4 Å². The predicted molar refractivity (Wildman–Crippen MR) is 137 cm³/mol. The van der Waals surface area contributed by atoms with Crippen LogP contribution in [0.4, 0.5) is 10.2 Å². The smallest absolute Gasteiger partial charge is 0.254 e. The summed E-state index contributed by atoms with van der Waals surface area (Å²) in [6.45, 7) is 2.85. The Morgan fingerprint density at radius 2 is 1.97 bits per heavy atom. The number of hydrogen-bond acceptors (Lipinski definition) is 5. The number of carbonyl (C=O) groups is 1. The first-order valence-electron chi connectivity index (χ1n) is 12.0. The molecule has 8 nitrogen and oxygen atoms in total. The van der Waals surface area contributed by atoms with Crippen molar-refractivity contribution in [3.63, 3.8) is 0 Å². The summed E-state index contributed by atoms with van der Waals surface area (Å²) >= 11 is 0. The molecule has 1 saturated heterocycles. The molecule has 9 heteroatoms. The van der Waals surface area contributed by atoms with Gasteiger partial charge in [0, 0.05) is 36.2 Å². The lowest BCUT2D eigenvalue weighted by Crippen LogP contribution is -2.18. The molecule has 0 aliphatic carbocycles. The Kier molecular flexibility index (Phi) is 5.41. The third-order valence-corrected chi connectivity index (χ3v) is 6.76. The number of aromatic nitrogens is 4. The normalized spacial score (nSPS) is 17.7. The van der Waals surface area contributed by atoms with Crippen LogP contribution < -0.4 is 16.4 Å². The van der Waals surface area contributed by atoms with Gasteiger partial charge in [-0.25, -0.2) is 8.91 Å². The monoisotopic (exact) mass is 483 g/mol. The van der Waals surface area contributed by atoms with Crippen LogP contribution in [-0.2, 0) is 6.54 Å². The lowest BCUT2D eigenvalue weighted by Gasteiger charge is -2.15. The van der Waals surface area contributed by atoms with Crippen LogP contribution in [0.25, 0.3) is 22.4 Å². The van der Waals surface area contributed by atoms with E-state index in [0.29, 0.717) is 36.8 Å². The molecule has 3 aromatic heterocycles. The quantitative estimate of drug-likeness (QED) is 0.338. The van der Waals surface area contributed by atoms with E-state index in [1.54, 1.807) is 12.1 Å². The molecule has 4 N–H and O–H groups in total. The van der Waals surface area contributed by atoms with E-state index in [0.717, 1.165) is 33.4 Å². The number of alkyl halides is 1. The summed E-state index contributed by atoms with van der Waals surface area (Å²) in [4.78, 5) is 16.9. The molecule has 0 spiro atoms. The number of anilines is 1. The number of aryl methyl sites for hydroxylation is 1. The molecule has 1 amide bonds. The highest BCUT2D eigenvalue weighted by atomic mass is 19.1. The molecule has 2 atom stereocenters. The summed E-state index contributed by atoms with van der Waals surface area (Å²) in [6.07, 6.45) is -0.494. The SMILES string of the molecule is Cc1cc2c(C(N)=O)cccc2n1-c1nc(NCc2ccccc2)c2ccc(C3C[C@@H](F)CN3)n2n1. The highest BCUT2D eigenvalue weighted by Crippen LogP contribution is 2.30. The molecule has 36 heavy (non-hydrogen) atoms. The molecule has 0 radical (unpaired) electrons. The van der Waals surface area contributed by atoms with Gasteiger partial charge in [0.1, 0.15) is 11.7 Å². The molecule has 5 aromatic rings. The molecule has 4 heterocycles. The van der Waals surface area contributed by atoms with Crippen LogP contribution in [0.1, 0.15) is 39.8 Å². The van der Waals surface area contributed by atoms with Gasteiger partial charge in [0.15, 0.2) is 5.82 Å². The van der Waals surface area contributed by atoms with E-state index in [1.807, 2.05) is 58.5 Å². The number of nitrogens with two attached hydrogens (primary N) is 1. The molecule has 182 valence electrons. The van der Waals surface area contributed by atoms with Crippen molar-refractivity contribution in [2.24, 2.45) is 5.73 Å². The summed E-state index contributed by atoms with van der Waals surface area (Å²) in [5, 5.41) is 12.4. The minimum Gasteiger partial charge on any atom is -0.366 e. The topological polar surface area (TPSA) is 102 Å². The number of fused-ring (bicyclic) bond motifs is 2. The average Bonchev–Trinajstić information content (AvgIpc) is 3.58. The Morgan fingerprint density at radius 3 is 2.72 bits per heavy atom.